The van der Waals surface area contributed by atoms with E-state index in [0.29, 0.717) is 11.4 Å². The summed E-state index contributed by atoms with van der Waals surface area (Å²) >= 11 is 0. The molecule has 0 aliphatic heterocycles. The average molecular weight is 306 g/mol. The lowest BCUT2D eigenvalue weighted by Crippen LogP contribution is -2.19. The van der Waals surface area contributed by atoms with Crippen LogP contribution in [0.2, 0.25) is 0 Å². The Bertz CT molecular complexity index is 675. The fourth-order valence-electron chi connectivity index (χ4n) is 1.79. The van der Waals surface area contributed by atoms with E-state index in [1.807, 2.05) is 13.8 Å². The van der Waals surface area contributed by atoms with Gasteiger partial charge < -0.3 is 15.4 Å². The summed E-state index contributed by atoms with van der Waals surface area (Å²) in [6, 6.07) is 9.45. The van der Waals surface area contributed by atoms with Crippen LogP contribution in [0, 0.1) is 11.6 Å². The highest BCUT2D eigenvalue weighted by Crippen LogP contribution is 2.19. The maximum absolute atomic E-state index is 13.1. The van der Waals surface area contributed by atoms with Gasteiger partial charge in [-0.05, 0) is 38.1 Å². The van der Waals surface area contributed by atoms with Gasteiger partial charge in [-0.2, -0.15) is 0 Å². The predicted molar refractivity (Wildman–Crippen MR) is 81.2 cm³/mol. The van der Waals surface area contributed by atoms with Crippen molar-refractivity contribution in [3.8, 4) is 5.75 Å². The van der Waals surface area contributed by atoms with Gasteiger partial charge in [-0.15, -0.1) is 0 Å². The molecule has 0 atom stereocenters. The molecule has 2 N–H and O–H groups in total. The van der Waals surface area contributed by atoms with Crippen molar-refractivity contribution in [1.29, 1.82) is 0 Å². The van der Waals surface area contributed by atoms with Crippen molar-refractivity contribution >= 4 is 17.4 Å². The minimum atomic E-state index is -1.02. The van der Waals surface area contributed by atoms with E-state index >= 15 is 0 Å². The van der Waals surface area contributed by atoms with Crippen molar-refractivity contribution in [3.63, 3.8) is 0 Å². The smallest absolute Gasteiger partial charge is 0.323 e. The van der Waals surface area contributed by atoms with Gasteiger partial charge in [0.05, 0.1) is 6.10 Å². The zero-order valence-electron chi connectivity index (χ0n) is 12.2. The fourth-order valence-corrected chi connectivity index (χ4v) is 1.79. The molecule has 0 aliphatic rings. The summed E-state index contributed by atoms with van der Waals surface area (Å²) in [7, 11) is 0. The van der Waals surface area contributed by atoms with E-state index in [0.717, 1.165) is 12.1 Å². The summed E-state index contributed by atoms with van der Waals surface area (Å²) in [6.07, 6.45) is 0.0197. The summed E-state index contributed by atoms with van der Waals surface area (Å²) in [5.74, 6) is -1.37. The maximum Gasteiger partial charge on any atom is 0.323 e. The molecule has 0 radical (unpaired) electrons. The lowest BCUT2D eigenvalue weighted by atomic mass is 10.3. The Balaban J connectivity index is 2.01. The number of halogens is 2. The molecule has 0 heterocycles. The van der Waals surface area contributed by atoms with Gasteiger partial charge in [0.25, 0.3) is 0 Å². The second-order valence-corrected chi connectivity index (χ2v) is 4.90. The van der Waals surface area contributed by atoms with Crippen LogP contribution in [0.5, 0.6) is 5.75 Å². The Morgan fingerprint density at radius 1 is 1.00 bits per heavy atom. The number of amides is 2. The molecule has 0 unspecified atom stereocenters. The number of rotatable bonds is 4. The van der Waals surface area contributed by atoms with Gasteiger partial charge in [-0.1, -0.05) is 6.07 Å². The largest absolute Gasteiger partial charge is 0.491 e. The Kier molecular flexibility index (Phi) is 4.93. The molecular formula is C16H16F2N2O2. The molecule has 2 amide bonds. The van der Waals surface area contributed by atoms with Crippen molar-refractivity contribution in [3.05, 3.63) is 54.1 Å². The summed E-state index contributed by atoms with van der Waals surface area (Å²) in [6.45, 7) is 3.80. The molecule has 0 spiro atoms. The zero-order chi connectivity index (χ0) is 16.1. The summed E-state index contributed by atoms with van der Waals surface area (Å²) in [5, 5.41) is 5.01. The molecular weight excluding hydrogens is 290 g/mol. The highest BCUT2D eigenvalue weighted by Gasteiger charge is 2.07. The quantitative estimate of drug-likeness (QED) is 0.880. The number of hydrogen-bond donors (Lipinski definition) is 2. The van der Waals surface area contributed by atoms with Gasteiger partial charge in [0, 0.05) is 23.5 Å². The third-order valence-electron chi connectivity index (χ3n) is 2.64. The SMILES string of the molecule is CC(C)Oc1cccc(NC(=O)Nc2ccc(F)c(F)c2)c1. The van der Waals surface area contributed by atoms with Crippen molar-refractivity contribution in [2.24, 2.45) is 0 Å². The maximum atomic E-state index is 13.1. The molecule has 6 heteroatoms. The lowest BCUT2D eigenvalue weighted by Gasteiger charge is -2.12. The van der Waals surface area contributed by atoms with Crippen LogP contribution in [0.25, 0.3) is 0 Å². The average Bonchev–Trinajstić information content (AvgIpc) is 2.42. The summed E-state index contributed by atoms with van der Waals surface area (Å²) in [4.78, 5) is 11.8. The van der Waals surface area contributed by atoms with Gasteiger partial charge in [-0.3, -0.25) is 0 Å². The molecule has 0 saturated carbocycles. The molecule has 2 aromatic rings. The van der Waals surface area contributed by atoms with Crippen LogP contribution < -0.4 is 15.4 Å². The van der Waals surface area contributed by atoms with Gasteiger partial charge >= 0.3 is 6.03 Å². The lowest BCUT2D eigenvalue weighted by molar-refractivity contribution is 0.242. The minimum absolute atomic E-state index is 0.0197. The highest BCUT2D eigenvalue weighted by molar-refractivity contribution is 5.99. The van der Waals surface area contributed by atoms with Crippen molar-refractivity contribution in [2.75, 3.05) is 10.6 Å². The molecule has 0 aromatic heterocycles. The van der Waals surface area contributed by atoms with E-state index in [4.69, 9.17) is 4.74 Å². The number of urea groups is 1. The second kappa shape index (κ2) is 6.89. The van der Waals surface area contributed by atoms with Gasteiger partial charge in [0.15, 0.2) is 11.6 Å². The van der Waals surface area contributed by atoms with E-state index < -0.39 is 17.7 Å². The Morgan fingerprint density at radius 2 is 1.68 bits per heavy atom. The first-order valence-corrected chi connectivity index (χ1v) is 6.74. The van der Waals surface area contributed by atoms with Crippen LogP contribution >= 0.6 is 0 Å². The van der Waals surface area contributed by atoms with Crippen LogP contribution in [0.15, 0.2) is 42.5 Å². The number of carbonyl (C=O) groups excluding carboxylic acids is 1. The number of anilines is 2. The molecule has 22 heavy (non-hydrogen) atoms. The van der Waals surface area contributed by atoms with Crippen LogP contribution in [0.3, 0.4) is 0 Å². The Morgan fingerprint density at radius 3 is 2.32 bits per heavy atom. The first-order chi connectivity index (χ1) is 10.4. The number of nitrogens with one attached hydrogen (secondary N) is 2. The van der Waals surface area contributed by atoms with E-state index in [1.165, 1.54) is 6.07 Å². The first-order valence-electron chi connectivity index (χ1n) is 6.74. The summed E-state index contributed by atoms with van der Waals surface area (Å²) in [5.41, 5.74) is 0.684. The number of hydrogen-bond acceptors (Lipinski definition) is 2. The van der Waals surface area contributed by atoms with Crippen LogP contribution in [-0.4, -0.2) is 12.1 Å². The molecule has 0 fully saturated rings. The fraction of sp³-hybridized carbons (Fsp3) is 0.188. The molecule has 2 aromatic carbocycles. The van der Waals surface area contributed by atoms with Gasteiger partial charge in [0.1, 0.15) is 5.75 Å². The Labute approximate surface area is 127 Å². The van der Waals surface area contributed by atoms with E-state index in [-0.39, 0.29) is 11.8 Å². The molecule has 2 rings (SSSR count). The number of ether oxygens (including phenoxy) is 1. The van der Waals surface area contributed by atoms with Crippen molar-refractivity contribution in [2.45, 2.75) is 20.0 Å². The van der Waals surface area contributed by atoms with Crippen LogP contribution in [0.1, 0.15) is 13.8 Å². The monoisotopic (exact) mass is 306 g/mol. The van der Waals surface area contributed by atoms with E-state index in [1.54, 1.807) is 24.3 Å². The van der Waals surface area contributed by atoms with E-state index in [9.17, 15) is 13.6 Å². The second-order valence-electron chi connectivity index (χ2n) is 4.90. The molecule has 0 aliphatic carbocycles. The van der Waals surface area contributed by atoms with E-state index in [2.05, 4.69) is 10.6 Å². The molecule has 0 saturated heterocycles. The van der Waals surface area contributed by atoms with Gasteiger partial charge in [0.2, 0.25) is 0 Å². The third kappa shape index (κ3) is 4.44. The minimum Gasteiger partial charge on any atom is -0.491 e. The molecule has 4 nitrogen and oxygen atoms in total. The van der Waals surface area contributed by atoms with Crippen LogP contribution in [0.4, 0.5) is 25.0 Å². The standard InChI is InChI=1S/C16H16F2N2O2/c1-10(2)22-13-5-3-4-11(8-13)19-16(21)20-12-6-7-14(17)15(18)9-12/h3-10H,1-2H3,(H2,19,20,21). The number of carbonyl (C=O) groups is 1. The highest BCUT2D eigenvalue weighted by atomic mass is 19.2. The topological polar surface area (TPSA) is 50.4 Å². The third-order valence-corrected chi connectivity index (χ3v) is 2.64. The van der Waals surface area contributed by atoms with Gasteiger partial charge in [-0.25, -0.2) is 13.6 Å². The first kappa shape index (κ1) is 15.8. The Hall–Kier alpha value is -2.63. The number of benzene rings is 2. The van der Waals surface area contributed by atoms with Crippen molar-refractivity contribution in [1.82, 2.24) is 0 Å². The molecule has 116 valence electrons. The molecule has 0 bridgehead atoms. The predicted octanol–water partition coefficient (Wildman–Crippen LogP) is 4.40. The van der Waals surface area contributed by atoms with Crippen LogP contribution in [-0.2, 0) is 0 Å². The summed E-state index contributed by atoms with van der Waals surface area (Å²) < 4.78 is 31.4. The zero-order valence-corrected chi connectivity index (χ0v) is 12.2. The normalized spacial score (nSPS) is 10.4. The van der Waals surface area contributed by atoms with Crippen molar-refractivity contribution < 1.29 is 18.3 Å².